The van der Waals surface area contributed by atoms with Crippen molar-refractivity contribution in [2.45, 2.75) is 51.7 Å². The average molecular weight is 369 g/mol. The summed E-state index contributed by atoms with van der Waals surface area (Å²) in [7, 11) is 1.61. The molecule has 1 rings (SSSR count). The lowest BCUT2D eigenvalue weighted by molar-refractivity contribution is -0.0214. The maximum atomic E-state index is 12.5. The Labute approximate surface area is 141 Å². The first-order chi connectivity index (χ1) is 10.5. The monoisotopic (exact) mass is 368 g/mol. The van der Waals surface area contributed by atoms with Gasteiger partial charge in [-0.1, -0.05) is 38.0 Å². The van der Waals surface area contributed by atoms with E-state index in [0.717, 1.165) is 35.7 Å². The molecule has 0 N–H and O–H groups in total. The summed E-state index contributed by atoms with van der Waals surface area (Å²) < 4.78 is 11.9. The van der Waals surface area contributed by atoms with Gasteiger partial charge in [0, 0.05) is 11.6 Å². The first-order valence-corrected chi connectivity index (χ1v) is 8.45. The van der Waals surface area contributed by atoms with Crippen molar-refractivity contribution in [1.82, 2.24) is 0 Å². The van der Waals surface area contributed by atoms with Gasteiger partial charge < -0.3 is 9.47 Å². The molecule has 0 fully saturated rings. The van der Waals surface area contributed by atoms with Crippen molar-refractivity contribution in [2.24, 2.45) is 0 Å². The van der Waals surface area contributed by atoms with E-state index in [1.807, 2.05) is 25.1 Å². The van der Waals surface area contributed by atoms with E-state index in [9.17, 15) is 4.79 Å². The lowest BCUT2D eigenvalue weighted by Crippen LogP contribution is -2.31. The molecule has 0 aliphatic rings. The summed E-state index contributed by atoms with van der Waals surface area (Å²) in [4.78, 5) is 12.5. The molecule has 3 nitrogen and oxygen atoms in total. The number of carbonyl (C=O) groups excluding carboxylic acids is 1. The van der Waals surface area contributed by atoms with Crippen LogP contribution >= 0.6 is 15.9 Å². The van der Waals surface area contributed by atoms with Crippen LogP contribution in [0.1, 0.15) is 48.5 Å². The van der Waals surface area contributed by atoms with Gasteiger partial charge in [-0.25, -0.2) is 4.79 Å². The zero-order valence-electron chi connectivity index (χ0n) is 13.6. The molecule has 0 saturated heterocycles. The van der Waals surface area contributed by atoms with E-state index in [2.05, 4.69) is 29.4 Å². The Morgan fingerprint density at radius 3 is 2.68 bits per heavy atom. The molecule has 122 valence electrons. The second-order valence-corrected chi connectivity index (χ2v) is 6.16. The summed E-state index contributed by atoms with van der Waals surface area (Å²) in [6.45, 7) is 7.81. The van der Waals surface area contributed by atoms with Crippen molar-refractivity contribution in [3.8, 4) is 0 Å². The van der Waals surface area contributed by atoms with E-state index in [0.29, 0.717) is 5.56 Å². The van der Waals surface area contributed by atoms with Gasteiger partial charge in [-0.15, -0.1) is 6.58 Å². The smallest absolute Gasteiger partial charge is 0.339 e. The van der Waals surface area contributed by atoms with Crippen LogP contribution < -0.4 is 0 Å². The lowest BCUT2D eigenvalue weighted by Gasteiger charge is -2.24. The second kappa shape index (κ2) is 9.80. The van der Waals surface area contributed by atoms with Gasteiger partial charge in [-0.2, -0.15) is 0 Å². The van der Waals surface area contributed by atoms with Gasteiger partial charge in [0.05, 0.1) is 5.56 Å². The summed E-state index contributed by atoms with van der Waals surface area (Å²) in [5.41, 5.74) is 1.46. The Balaban J connectivity index is 2.87. The number of rotatable bonds is 9. The van der Waals surface area contributed by atoms with E-state index >= 15 is 0 Å². The molecule has 4 heteroatoms. The molecular formula is C18H25BrO3. The minimum atomic E-state index is -0.324. The standard InChI is InChI=1S/C18H25BrO3/c1-5-7-8-12-16(15(6-2)21-4)22-18(20)17-13(3)10-9-11-14(17)19/h6,9-11,15-16H,2,5,7-8,12H2,1,3-4H3/t15-,16+/m0/s1. The third-order valence-electron chi connectivity index (χ3n) is 3.65. The minimum absolute atomic E-state index is 0.288. The van der Waals surface area contributed by atoms with Gasteiger partial charge >= 0.3 is 5.97 Å². The molecule has 0 aliphatic heterocycles. The third-order valence-corrected chi connectivity index (χ3v) is 4.31. The maximum absolute atomic E-state index is 12.5. The van der Waals surface area contributed by atoms with Gasteiger partial charge in [0.1, 0.15) is 12.2 Å². The van der Waals surface area contributed by atoms with Crippen LogP contribution in [0.2, 0.25) is 0 Å². The highest BCUT2D eigenvalue weighted by Crippen LogP contribution is 2.23. The number of unbranched alkanes of at least 4 members (excludes halogenated alkanes) is 2. The number of halogens is 1. The Kier molecular flexibility index (Phi) is 8.43. The van der Waals surface area contributed by atoms with Gasteiger partial charge in [-0.05, 0) is 47.3 Å². The van der Waals surface area contributed by atoms with E-state index in [1.165, 1.54) is 0 Å². The number of hydrogen-bond acceptors (Lipinski definition) is 3. The minimum Gasteiger partial charge on any atom is -0.456 e. The molecule has 0 aromatic heterocycles. The number of carbonyl (C=O) groups is 1. The fourth-order valence-corrected chi connectivity index (χ4v) is 3.00. The quantitative estimate of drug-likeness (QED) is 0.347. The van der Waals surface area contributed by atoms with Crippen LogP contribution in [-0.2, 0) is 9.47 Å². The van der Waals surface area contributed by atoms with E-state index in [4.69, 9.17) is 9.47 Å². The Hall–Kier alpha value is -1.13. The highest BCUT2D eigenvalue weighted by molar-refractivity contribution is 9.10. The molecule has 0 radical (unpaired) electrons. The summed E-state index contributed by atoms with van der Waals surface area (Å²) in [5.74, 6) is -0.324. The van der Waals surface area contributed by atoms with Crippen molar-refractivity contribution in [3.63, 3.8) is 0 Å². The number of ether oxygens (including phenoxy) is 2. The summed E-state index contributed by atoms with van der Waals surface area (Å²) in [5, 5.41) is 0. The van der Waals surface area contributed by atoms with Crippen LogP contribution in [0.5, 0.6) is 0 Å². The molecule has 1 aromatic rings. The lowest BCUT2D eigenvalue weighted by atomic mass is 10.0. The molecule has 0 bridgehead atoms. The maximum Gasteiger partial charge on any atom is 0.339 e. The van der Waals surface area contributed by atoms with Gasteiger partial charge in [-0.3, -0.25) is 0 Å². The van der Waals surface area contributed by atoms with Crippen LogP contribution in [0.4, 0.5) is 0 Å². The van der Waals surface area contributed by atoms with E-state index in [1.54, 1.807) is 13.2 Å². The first-order valence-electron chi connectivity index (χ1n) is 7.66. The Bertz CT molecular complexity index is 479. The van der Waals surface area contributed by atoms with Gasteiger partial charge in [0.2, 0.25) is 0 Å². The fraction of sp³-hybridized carbons (Fsp3) is 0.500. The predicted octanol–water partition coefficient (Wildman–Crippen LogP) is 5.06. The second-order valence-electron chi connectivity index (χ2n) is 5.31. The summed E-state index contributed by atoms with van der Waals surface area (Å²) in [6.07, 6.45) is 5.09. The molecule has 0 saturated carbocycles. The molecule has 1 aromatic carbocycles. The molecule has 0 spiro atoms. The molecule has 0 amide bonds. The summed E-state index contributed by atoms with van der Waals surface area (Å²) >= 11 is 3.42. The van der Waals surface area contributed by atoms with Crippen LogP contribution in [0.3, 0.4) is 0 Å². The largest absolute Gasteiger partial charge is 0.456 e. The highest BCUT2D eigenvalue weighted by Gasteiger charge is 2.25. The van der Waals surface area contributed by atoms with Crippen molar-refractivity contribution in [3.05, 3.63) is 46.5 Å². The first kappa shape index (κ1) is 18.9. The number of methoxy groups -OCH3 is 1. The van der Waals surface area contributed by atoms with Crippen molar-refractivity contribution < 1.29 is 14.3 Å². The zero-order chi connectivity index (χ0) is 16.5. The van der Waals surface area contributed by atoms with Crippen LogP contribution in [-0.4, -0.2) is 25.3 Å². The van der Waals surface area contributed by atoms with Crippen molar-refractivity contribution in [2.75, 3.05) is 7.11 Å². The number of esters is 1. The Morgan fingerprint density at radius 1 is 1.41 bits per heavy atom. The molecule has 0 unspecified atom stereocenters. The number of aryl methyl sites for hydroxylation is 1. The SMILES string of the molecule is C=C[C@H](OC)[C@@H](CCCCC)OC(=O)c1c(C)cccc1Br. The van der Waals surface area contributed by atoms with Crippen LogP contribution in [0.25, 0.3) is 0 Å². The summed E-state index contributed by atoms with van der Waals surface area (Å²) in [6, 6.07) is 5.64. The topological polar surface area (TPSA) is 35.5 Å². The molecule has 0 heterocycles. The molecule has 0 aliphatic carbocycles. The third kappa shape index (κ3) is 5.25. The Morgan fingerprint density at radius 2 is 2.14 bits per heavy atom. The van der Waals surface area contributed by atoms with Gasteiger partial charge in [0.25, 0.3) is 0 Å². The zero-order valence-corrected chi connectivity index (χ0v) is 15.2. The predicted molar refractivity (Wildman–Crippen MR) is 93.2 cm³/mol. The van der Waals surface area contributed by atoms with Crippen molar-refractivity contribution in [1.29, 1.82) is 0 Å². The van der Waals surface area contributed by atoms with Crippen LogP contribution in [0, 0.1) is 6.92 Å². The van der Waals surface area contributed by atoms with E-state index < -0.39 is 0 Å². The average Bonchev–Trinajstić information content (AvgIpc) is 2.48. The number of benzene rings is 1. The van der Waals surface area contributed by atoms with Gasteiger partial charge in [0.15, 0.2) is 0 Å². The molecule has 22 heavy (non-hydrogen) atoms. The molecular weight excluding hydrogens is 344 g/mol. The van der Waals surface area contributed by atoms with E-state index in [-0.39, 0.29) is 18.2 Å². The number of hydrogen-bond donors (Lipinski definition) is 0. The fourth-order valence-electron chi connectivity index (χ4n) is 2.37. The molecule has 2 atom stereocenters. The normalized spacial score (nSPS) is 13.5. The highest BCUT2D eigenvalue weighted by atomic mass is 79.9. The van der Waals surface area contributed by atoms with Crippen molar-refractivity contribution >= 4 is 21.9 Å². The van der Waals surface area contributed by atoms with Crippen LogP contribution in [0.15, 0.2) is 35.3 Å².